The van der Waals surface area contributed by atoms with Crippen LogP contribution in [-0.4, -0.2) is 35.6 Å². The number of carbonyl (C=O) groups excluding carboxylic acids is 1. The first kappa shape index (κ1) is 10.0. The highest BCUT2D eigenvalue weighted by molar-refractivity contribution is 5.77. The third-order valence-corrected chi connectivity index (χ3v) is 2.40. The van der Waals surface area contributed by atoms with E-state index in [0.717, 1.165) is 12.8 Å². The van der Waals surface area contributed by atoms with Gasteiger partial charge in [-0.05, 0) is 18.8 Å². The van der Waals surface area contributed by atoms with Gasteiger partial charge in [0.25, 0.3) is 0 Å². The lowest BCUT2D eigenvalue weighted by Crippen LogP contribution is -2.39. The Hall–Kier alpha value is -1.08. The first-order valence-corrected chi connectivity index (χ1v) is 4.42. The number of hydrogen-bond acceptors (Lipinski definition) is 3. The molecule has 4 heteroatoms. The molecule has 0 radical (unpaired) electrons. The first-order chi connectivity index (χ1) is 6.13. The van der Waals surface area contributed by atoms with Gasteiger partial charge in [0.15, 0.2) is 0 Å². The average Bonchev–Trinajstić information content (AvgIpc) is 2.02. The number of hydrogen-bond donors (Lipinski definition) is 1. The number of amides is 1. The predicted molar refractivity (Wildman–Crippen MR) is 46.6 cm³/mol. The molecule has 0 unspecified atom stereocenters. The minimum Gasteiger partial charge on any atom is -0.393 e. The van der Waals surface area contributed by atoms with Gasteiger partial charge in [0.1, 0.15) is 6.42 Å². The van der Waals surface area contributed by atoms with Crippen LogP contribution in [0.4, 0.5) is 0 Å². The number of nitriles is 1. The molecular weight excluding hydrogens is 168 g/mol. The molecule has 0 aromatic heterocycles. The maximum atomic E-state index is 11.1. The molecule has 72 valence electrons. The van der Waals surface area contributed by atoms with Gasteiger partial charge in [-0.25, -0.2) is 0 Å². The summed E-state index contributed by atoms with van der Waals surface area (Å²) in [7, 11) is 1.70. The Morgan fingerprint density at radius 1 is 1.69 bits per heavy atom. The molecule has 1 fully saturated rings. The van der Waals surface area contributed by atoms with Crippen LogP contribution in [0.1, 0.15) is 19.3 Å². The maximum Gasteiger partial charge on any atom is 0.236 e. The molecule has 0 aliphatic heterocycles. The molecule has 1 amide bonds. The van der Waals surface area contributed by atoms with Crippen molar-refractivity contribution in [2.75, 3.05) is 13.6 Å². The Labute approximate surface area is 77.8 Å². The van der Waals surface area contributed by atoms with Crippen LogP contribution in [-0.2, 0) is 4.79 Å². The molecule has 1 saturated carbocycles. The maximum absolute atomic E-state index is 11.1. The summed E-state index contributed by atoms with van der Waals surface area (Å²) < 4.78 is 0. The van der Waals surface area contributed by atoms with E-state index in [1.807, 2.05) is 6.07 Å². The topological polar surface area (TPSA) is 64.3 Å². The van der Waals surface area contributed by atoms with Gasteiger partial charge < -0.3 is 10.0 Å². The third kappa shape index (κ3) is 2.71. The molecule has 0 saturated heterocycles. The van der Waals surface area contributed by atoms with Crippen LogP contribution in [0.3, 0.4) is 0 Å². The van der Waals surface area contributed by atoms with E-state index in [2.05, 4.69) is 0 Å². The fourth-order valence-corrected chi connectivity index (χ4v) is 1.54. The standard InChI is InChI=1S/C9H14N2O2/c1-11(9(13)2-3-10)6-7-4-8(12)5-7/h7-8,12H,2,4-6H2,1H3. The van der Waals surface area contributed by atoms with Crippen LogP contribution >= 0.6 is 0 Å². The van der Waals surface area contributed by atoms with Crippen molar-refractivity contribution < 1.29 is 9.90 Å². The second-order valence-electron chi connectivity index (χ2n) is 3.60. The molecule has 13 heavy (non-hydrogen) atoms. The van der Waals surface area contributed by atoms with Gasteiger partial charge in [-0.1, -0.05) is 0 Å². The van der Waals surface area contributed by atoms with Crippen molar-refractivity contribution in [3.63, 3.8) is 0 Å². The number of carbonyl (C=O) groups is 1. The molecule has 4 nitrogen and oxygen atoms in total. The highest BCUT2D eigenvalue weighted by Gasteiger charge is 2.28. The largest absolute Gasteiger partial charge is 0.393 e. The van der Waals surface area contributed by atoms with Gasteiger partial charge in [0.05, 0.1) is 12.2 Å². The minimum atomic E-state index is -0.176. The zero-order chi connectivity index (χ0) is 9.84. The highest BCUT2D eigenvalue weighted by Crippen LogP contribution is 2.27. The second-order valence-corrected chi connectivity index (χ2v) is 3.60. The van der Waals surface area contributed by atoms with E-state index in [4.69, 9.17) is 10.4 Å². The number of aliphatic hydroxyl groups is 1. The van der Waals surface area contributed by atoms with Crippen LogP contribution < -0.4 is 0 Å². The van der Waals surface area contributed by atoms with Crippen molar-refractivity contribution in [1.29, 1.82) is 5.26 Å². The average molecular weight is 182 g/mol. The van der Waals surface area contributed by atoms with Crippen LogP contribution in [0, 0.1) is 17.2 Å². The highest BCUT2D eigenvalue weighted by atomic mass is 16.3. The molecule has 0 aromatic rings. The SMILES string of the molecule is CN(CC1CC(O)C1)C(=O)CC#N. The minimum absolute atomic E-state index is 0.0498. The van der Waals surface area contributed by atoms with Crippen LogP contribution in [0.2, 0.25) is 0 Å². The summed E-state index contributed by atoms with van der Waals surface area (Å²) in [6, 6.07) is 1.83. The van der Waals surface area contributed by atoms with E-state index in [-0.39, 0.29) is 18.4 Å². The quantitative estimate of drug-likeness (QED) is 0.674. The predicted octanol–water partition coefficient (Wildman–Crippen LogP) is 0.129. The smallest absolute Gasteiger partial charge is 0.236 e. The van der Waals surface area contributed by atoms with E-state index >= 15 is 0 Å². The zero-order valence-electron chi connectivity index (χ0n) is 7.73. The Morgan fingerprint density at radius 3 is 2.77 bits per heavy atom. The lowest BCUT2D eigenvalue weighted by Gasteiger charge is -2.34. The van der Waals surface area contributed by atoms with Gasteiger partial charge in [0, 0.05) is 13.6 Å². The van der Waals surface area contributed by atoms with Crippen LogP contribution in [0.15, 0.2) is 0 Å². The monoisotopic (exact) mass is 182 g/mol. The van der Waals surface area contributed by atoms with E-state index in [0.29, 0.717) is 12.5 Å². The van der Waals surface area contributed by atoms with Crippen molar-refractivity contribution in [1.82, 2.24) is 4.90 Å². The van der Waals surface area contributed by atoms with Crippen molar-refractivity contribution in [2.24, 2.45) is 5.92 Å². The van der Waals surface area contributed by atoms with E-state index < -0.39 is 0 Å². The fourth-order valence-electron chi connectivity index (χ4n) is 1.54. The normalized spacial score (nSPS) is 25.9. The Balaban J connectivity index is 2.21. The molecule has 1 aliphatic rings. The molecule has 1 rings (SSSR count). The summed E-state index contributed by atoms with van der Waals surface area (Å²) in [4.78, 5) is 12.7. The lowest BCUT2D eigenvalue weighted by atomic mass is 9.82. The number of rotatable bonds is 3. The Kier molecular flexibility index (Phi) is 3.26. The molecule has 0 aromatic carbocycles. The summed E-state index contributed by atoms with van der Waals surface area (Å²) in [6.07, 6.45) is 1.34. The van der Waals surface area contributed by atoms with Crippen molar-refractivity contribution in [2.45, 2.75) is 25.4 Å². The summed E-state index contributed by atoms with van der Waals surface area (Å²) in [5, 5.41) is 17.3. The summed E-state index contributed by atoms with van der Waals surface area (Å²) in [6.45, 7) is 0.664. The molecule has 0 bridgehead atoms. The van der Waals surface area contributed by atoms with Gasteiger partial charge in [-0.3, -0.25) is 4.79 Å². The first-order valence-electron chi connectivity index (χ1n) is 4.42. The van der Waals surface area contributed by atoms with E-state index in [9.17, 15) is 4.79 Å². The molecule has 1 N–H and O–H groups in total. The molecule has 1 aliphatic carbocycles. The molecule has 0 spiro atoms. The fraction of sp³-hybridized carbons (Fsp3) is 0.778. The van der Waals surface area contributed by atoms with Gasteiger partial charge in [-0.15, -0.1) is 0 Å². The van der Waals surface area contributed by atoms with Crippen LogP contribution in [0.25, 0.3) is 0 Å². The molecule has 0 heterocycles. The van der Waals surface area contributed by atoms with Gasteiger partial charge in [0.2, 0.25) is 5.91 Å². The Morgan fingerprint density at radius 2 is 2.31 bits per heavy atom. The molecular formula is C9H14N2O2. The second kappa shape index (κ2) is 4.24. The van der Waals surface area contributed by atoms with Crippen molar-refractivity contribution >= 4 is 5.91 Å². The summed E-state index contributed by atoms with van der Waals surface area (Å²) in [5.74, 6) is 0.284. The summed E-state index contributed by atoms with van der Waals surface area (Å²) >= 11 is 0. The van der Waals surface area contributed by atoms with Crippen molar-refractivity contribution in [3.8, 4) is 6.07 Å². The lowest BCUT2D eigenvalue weighted by molar-refractivity contribution is -0.130. The number of aliphatic hydroxyl groups excluding tert-OH is 1. The van der Waals surface area contributed by atoms with Crippen LogP contribution in [0.5, 0.6) is 0 Å². The number of nitrogens with zero attached hydrogens (tertiary/aromatic N) is 2. The van der Waals surface area contributed by atoms with Gasteiger partial charge in [-0.2, -0.15) is 5.26 Å². The molecule has 0 atom stereocenters. The van der Waals surface area contributed by atoms with E-state index in [1.165, 1.54) is 0 Å². The van der Waals surface area contributed by atoms with Crippen molar-refractivity contribution in [3.05, 3.63) is 0 Å². The third-order valence-electron chi connectivity index (χ3n) is 2.40. The zero-order valence-corrected chi connectivity index (χ0v) is 7.73. The Bertz CT molecular complexity index is 228. The van der Waals surface area contributed by atoms with E-state index in [1.54, 1.807) is 11.9 Å². The summed E-state index contributed by atoms with van der Waals surface area (Å²) in [5.41, 5.74) is 0. The van der Waals surface area contributed by atoms with Gasteiger partial charge >= 0.3 is 0 Å².